The van der Waals surface area contributed by atoms with Crippen molar-refractivity contribution in [3.8, 4) is 17.2 Å². The molecule has 5 nitrogen and oxygen atoms in total. The molecule has 0 saturated heterocycles. The standard InChI is InChI=1S/C21H19NO4S/c1-15-22-17(14-27-15)13-25-18-8-4-3-7-16(18)11-12-21(23)26-20-10-6-5-9-19(20)24-2/h3-12,14H,13H2,1-2H3/b12-11+. The Kier molecular flexibility index (Phi) is 6.22. The predicted octanol–water partition coefficient (Wildman–Crippen LogP) is 4.66. The number of thiazole rings is 1. The van der Waals surface area contributed by atoms with Crippen LogP contribution in [0.3, 0.4) is 0 Å². The molecule has 0 saturated carbocycles. The Hall–Kier alpha value is -3.12. The van der Waals surface area contributed by atoms with E-state index in [1.165, 1.54) is 13.2 Å². The molecule has 0 unspecified atom stereocenters. The van der Waals surface area contributed by atoms with Gasteiger partial charge in [-0.15, -0.1) is 11.3 Å². The molecule has 0 aliphatic heterocycles. The molecule has 0 aliphatic rings. The molecule has 0 radical (unpaired) electrons. The normalized spacial score (nSPS) is 10.7. The lowest BCUT2D eigenvalue weighted by atomic mass is 10.2. The van der Waals surface area contributed by atoms with E-state index >= 15 is 0 Å². The Morgan fingerprint density at radius 2 is 1.78 bits per heavy atom. The third kappa shape index (κ3) is 5.18. The summed E-state index contributed by atoms with van der Waals surface area (Å²) in [7, 11) is 1.53. The molecule has 27 heavy (non-hydrogen) atoms. The van der Waals surface area contributed by atoms with Crippen LogP contribution >= 0.6 is 11.3 Å². The van der Waals surface area contributed by atoms with Crippen molar-refractivity contribution in [1.82, 2.24) is 4.98 Å². The minimum Gasteiger partial charge on any atom is -0.493 e. The molecule has 3 aromatic rings. The van der Waals surface area contributed by atoms with Crippen LogP contribution in [0.5, 0.6) is 17.2 Å². The van der Waals surface area contributed by atoms with Gasteiger partial charge in [0.25, 0.3) is 0 Å². The Bertz CT molecular complexity index is 949. The van der Waals surface area contributed by atoms with E-state index in [1.54, 1.807) is 35.6 Å². The van der Waals surface area contributed by atoms with E-state index < -0.39 is 5.97 Å². The Morgan fingerprint density at radius 1 is 1.07 bits per heavy atom. The van der Waals surface area contributed by atoms with Crippen molar-refractivity contribution < 1.29 is 19.0 Å². The summed E-state index contributed by atoms with van der Waals surface area (Å²) >= 11 is 1.59. The first-order chi connectivity index (χ1) is 13.2. The maximum absolute atomic E-state index is 12.1. The zero-order chi connectivity index (χ0) is 19.1. The smallest absolute Gasteiger partial charge is 0.336 e. The van der Waals surface area contributed by atoms with Crippen LogP contribution in [0, 0.1) is 6.92 Å². The van der Waals surface area contributed by atoms with Crippen molar-refractivity contribution in [3.05, 3.63) is 76.3 Å². The number of ether oxygens (including phenoxy) is 3. The number of carbonyl (C=O) groups excluding carboxylic acids is 1. The number of rotatable bonds is 7. The van der Waals surface area contributed by atoms with E-state index in [9.17, 15) is 4.79 Å². The van der Waals surface area contributed by atoms with Crippen molar-refractivity contribution in [2.24, 2.45) is 0 Å². The van der Waals surface area contributed by atoms with Gasteiger partial charge in [0.15, 0.2) is 11.5 Å². The number of benzene rings is 2. The van der Waals surface area contributed by atoms with Gasteiger partial charge in [-0.05, 0) is 31.2 Å². The molecular formula is C21H19NO4S. The van der Waals surface area contributed by atoms with Crippen molar-refractivity contribution in [3.63, 3.8) is 0 Å². The Morgan fingerprint density at radius 3 is 2.48 bits per heavy atom. The highest BCUT2D eigenvalue weighted by Gasteiger charge is 2.08. The maximum atomic E-state index is 12.1. The summed E-state index contributed by atoms with van der Waals surface area (Å²) in [6.07, 6.45) is 3.03. The predicted molar refractivity (Wildman–Crippen MR) is 105 cm³/mol. The highest BCUT2D eigenvalue weighted by molar-refractivity contribution is 7.09. The first-order valence-corrected chi connectivity index (χ1v) is 9.19. The van der Waals surface area contributed by atoms with Gasteiger partial charge in [-0.2, -0.15) is 0 Å². The first kappa shape index (κ1) is 18.7. The number of methoxy groups -OCH3 is 1. The average molecular weight is 381 g/mol. The fraction of sp³-hybridized carbons (Fsp3) is 0.143. The molecule has 0 aliphatic carbocycles. The van der Waals surface area contributed by atoms with E-state index in [0.29, 0.717) is 23.9 Å². The van der Waals surface area contributed by atoms with Crippen LogP contribution in [0.25, 0.3) is 6.08 Å². The van der Waals surface area contributed by atoms with Crippen molar-refractivity contribution in [2.45, 2.75) is 13.5 Å². The first-order valence-electron chi connectivity index (χ1n) is 8.31. The molecule has 0 atom stereocenters. The number of hydrogen-bond acceptors (Lipinski definition) is 6. The van der Waals surface area contributed by atoms with Gasteiger partial charge in [-0.3, -0.25) is 0 Å². The fourth-order valence-electron chi connectivity index (χ4n) is 2.38. The van der Waals surface area contributed by atoms with Gasteiger partial charge < -0.3 is 14.2 Å². The summed E-state index contributed by atoms with van der Waals surface area (Å²) in [6.45, 7) is 2.33. The van der Waals surface area contributed by atoms with Gasteiger partial charge in [0.2, 0.25) is 0 Å². The highest BCUT2D eigenvalue weighted by atomic mass is 32.1. The lowest BCUT2D eigenvalue weighted by molar-refractivity contribution is -0.129. The van der Waals surface area contributed by atoms with Crippen molar-refractivity contribution in [2.75, 3.05) is 7.11 Å². The van der Waals surface area contributed by atoms with Gasteiger partial charge in [-0.25, -0.2) is 9.78 Å². The molecule has 0 fully saturated rings. The second kappa shape index (κ2) is 9.00. The third-order valence-electron chi connectivity index (χ3n) is 3.64. The topological polar surface area (TPSA) is 57.7 Å². The monoisotopic (exact) mass is 381 g/mol. The summed E-state index contributed by atoms with van der Waals surface area (Å²) in [4.78, 5) is 16.5. The number of aryl methyl sites for hydroxylation is 1. The lowest BCUT2D eigenvalue weighted by Crippen LogP contribution is -2.05. The van der Waals surface area contributed by atoms with Crippen LogP contribution in [0.15, 0.2) is 60.0 Å². The Labute approximate surface area is 161 Å². The fourth-order valence-corrected chi connectivity index (χ4v) is 2.98. The van der Waals surface area contributed by atoms with E-state index in [-0.39, 0.29) is 0 Å². The summed E-state index contributed by atoms with van der Waals surface area (Å²) in [5.74, 6) is 1.05. The lowest BCUT2D eigenvalue weighted by Gasteiger charge is -2.08. The van der Waals surface area contributed by atoms with E-state index in [2.05, 4.69) is 4.98 Å². The minimum atomic E-state index is -0.496. The summed E-state index contributed by atoms with van der Waals surface area (Å²) in [5, 5.41) is 2.97. The van der Waals surface area contributed by atoms with Crippen molar-refractivity contribution >= 4 is 23.4 Å². The number of nitrogens with zero attached hydrogens (tertiary/aromatic N) is 1. The summed E-state index contributed by atoms with van der Waals surface area (Å²) < 4.78 is 16.4. The molecule has 0 spiro atoms. The zero-order valence-corrected chi connectivity index (χ0v) is 15.9. The summed E-state index contributed by atoms with van der Waals surface area (Å²) in [5.41, 5.74) is 1.66. The number of carbonyl (C=O) groups is 1. The van der Waals surface area contributed by atoms with E-state index in [4.69, 9.17) is 14.2 Å². The second-order valence-corrected chi connectivity index (χ2v) is 6.65. The molecule has 0 amide bonds. The van der Waals surface area contributed by atoms with Crippen LogP contribution in [0.1, 0.15) is 16.3 Å². The van der Waals surface area contributed by atoms with Gasteiger partial charge in [0.1, 0.15) is 12.4 Å². The van der Waals surface area contributed by atoms with Crippen LogP contribution < -0.4 is 14.2 Å². The van der Waals surface area contributed by atoms with Crippen LogP contribution in [-0.2, 0) is 11.4 Å². The molecule has 2 aromatic carbocycles. The van der Waals surface area contributed by atoms with Gasteiger partial charge in [0, 0.05) is 17.0 Å². The molecule has 0 N–H and O–H groups in total. The number of para-hydroxylation sites is 3. The second-order valence-electron chi connectivity index (χ2n) is 5.59. The molecule has 6 heteroatoms. The maximum Gasteiger partial charge on any atom is 0.336 e. The number of hydrogen-bond donors (Lipinski definition) is 0. The minimum absolute atomic E-state index is 0.373. The SMILES string of the molecule is COc1ccccc1OC(=O)/C=C/c1ccccc1OCc1csc(C)n1. The van der Waals surface area contributed by atoms with Crippen LogP contribution in [0.4, 0.5) is 0 Å². The largest absolute Gasteiger partial charge is 0.493 e. The molecule has 3 rings (SSSR count). The zero-order valence-electron chi connectivity index (χ0n) is 15.0. The Balaban J connectivity index is 1.66. The third-order valence-corrected chi connectivity index (χ3v) is 4.46. The quantitative estimate of drug-likeness (QED) is 0.338. The van der Waals surface area contributed by atoms with Gasteiger partial charge in [0.05, 0.1) is 17.8 Å². The van der Waals surface area contributed by atoms with Crippen LogP contribution in [0.2, 0.25) is 0 Å². The molecule has 1 heterocycles. The number of esters is 1. The van der Waals surface area contributed by atoms with Gasteiger partial charge in [-0.1, -0.05) is 30.3 Å². The molecular weight excluding hydrogens is 362 g/mol. The highest BCUT2D eigenvalue weighted by Crippen LogP contribution is 2.26. The van der Waals surface area contributed by atoms with Crippen molar-refractivity contribution in [1.29, 1.82) is 0 Å². The van der Waals surface area contributed by atoms with Crippen LogP contribution in [-0.4, -0.2) is 18.1 Å². The average Bonchev–Trinajstić information content (AvgIpc) is 3.11. The summed E-state index contributed by atoms with van der Waals surface area (Å²) in [6, 6.07) is 14.5. The van der Waals surface area contributed by atoms with E-state index in [1.807, 2.05) is 42.6 Å². The molecule has 1 aromatic heterocycles. The van der Waals surface area contributed by atoms with E-state index in [0.717, 1.165) is 16.3 Å². The number of aromatic nitrogens is 1. The molecule has 0 bridgehead atoms. The molecule has 138 valence electrons. The van der Waals surface area contributed by atoms with Gasteiger partial charge >= 0.3 is 5.97 Å².